The van der Waals surface area contributed by atoms with Crippen LogP contribution in [0.5, 0.6) is 0 Å². The van der Waals surface area contributed by atoms with Gasteiger partial charge in [-0.2, -0.15) is 0 Å². The van der Waals surface area contributed by atoms with Crippen LogP contribution in [0.4, 0.5) is 4.79 Å². The van der Waals surface area contributed by atoms with Gasteiger partial charge in [-0.05, 0) is 36.7 Å². The van der Waals surface area contributed by atoms with Crippen LogP contribution < -0.4 is 11.1 Å². The number of carbonyl (C=O) groups excluding carboxylic acids is 1. The third-order valence-corrected chi connectivity index (χ3v) is 3.32. The van der Waals surface area contributed by atoms with Gasteiger partial charge in [0.25, 0.3) is 0 Å². The highest BCUT2D eigenvalue weighted by Crippen LogP contribution is 2.16. The lowest BCUT2D eigenvalue weighted by atomic mass is 10.2. The molecule has 0 aliphatic rings. The molecule has 0 aliphatic carbocycles. The Kier molecular flexibility index (Phi) is 5.55. The number of thiazole rings is 1. The van der Waals surface area contributed by atoms with Gasteiger partial charge in [0.2, 0.25) is 0 Å². The number of ether oxygens (including phenoxy) is 1. The van der Waals surface area contributed by atoms with E-state index in [0.29, 0.717) is 13.0 Å². The van der Waals surface area contributed by atoms with E-state index >= 15 is 0 Å². The molecule has 0 aromatic carbocycles. The molecule has 1 aromatic heterocycles. The molecule has 5 nitrogen and oxygen atoms in total. The van der Waals surface area contributed by atoms with Gasteiger partial charge in [0, 0.05) is 24.4 Å². The molecule has 7 heteroatoms. The van der Waals surface area contributed by atoms with Crippen LogP contribution >= 0.6 is 27.3 Å². The van der Waals surface area contributed by atoms with E-state index in [2.05, 4.69) is 26.2 Å². The number of carbonyl (C=O) groups is 1. The Balaban J connectivity index is 2.29. The summed E-state index contributed by atoms with van der Waals surface area (Å²) in [5.74, 6) is 0. The first kappa shape index (κ1) is 15.4. The van der Waals surface area contributed by atoms with E-state index < -0.39 is 11.7 Å². The van der Waals surface area contributed by atoms with E-state index in [1.165, 1.54) is 11.3 Å². The zero-order chi connectivity index (χ0) is 13.8. The third kappa shape index (κ3) is 6.32. The summed E-state index contributed by atoms with van der Waals surface area (Å²) < 4.78 is 5.95. The fraction of sp³-hybridized carbons (Fsp3) is 0.636. The minimum Gasteiger partial charge on any atom is -0.444 e. The molecular weight excluding hydrogens is 318 g/mol. The first-order chi connectivity index (χ1) is 8.26. The number of halogens is 1. The zero-order valence-electron chi connectivity index (χ0n) is 10.7. The Morgan fingerprint density at radius 1 is 1.67 bits per heavy atom. The van der Waals surface area contributed by atoms with Crippen LogP contribution in [0.25, 0.3) is 0 Å². The summed E-state index contributed by atoms with van der Waals surface area (Å²) in [6.07, 6.45) is 0.176. The Morgan fingerprint density at radius 3 is 2.83 bits per heavy atom. The number of nitrogens with zero attached hydrogens (tertiary/aromatic N) is 1. The largest absolute Gasteiger partial charge is 0.444 e. The van der Waals surface area contributed by atoms with Gasteiger partial charge in [-0.1, -0.05) is 0 Å². The summed E-state index contributed by atoms with van der Waals surface area (Å²) in [5, 5.41) is 4.59. The Hall–Kier alpha value is -0.660. The number of rotatable bonds is 4. The zero-order valence-corrected chi connectivity index (χ0v) is 13.1. The van der Waals surface area contributed by atoms with E-state index in [1.807, 2.05) is 26.2 Å². The van der Waals surface area contributed by atoms with E-state index in [-0.39, 0.29) is 6.04 Å². The fourth-order valence-corrected chi connectivity index (χ4v) is 2.31. The molecule has 0 bridgehead atoms. The van der Waals surface area contributed by atoms with Crippen molar-refractivity contribution < 1.29 is 9.53 Å². The normalized spacial score (nSPS) is 13.2. The number of amides is 1. The first-order valence-electron chi connectivity index (χ1n) is 5.58. The topological polar surface area (TPSA) is 77.2 Å². The van der Waals surface area contributed by atoms with Crippen molar-refractivity contribution in [1.82, 2.24) is 10.3 Å². The monoisotopic (exact) mass is 335 g/mol. The number of hydrogen-bond acceptors (Lipinski definition) is 5. The summed E-state index contributed by atoms with van der Waals surface area (Å²) in [6, 6.07) is -0.175. The van der Waals surface area contributed by atoms with Crippen molar-refractivity contribution in [3.05, 3.63) is 15.0 Å². The standard InChI is InChI=1S/C11H18BrN3O2S/c1-11(2,3)17-10(16)14-5-7(13)4-8-6-18-9(12)15-8/h6-7H,4-5,13H2,1-3H3,(H,14,16). The van der Waals surface area contributed by atoms with Gasteiger partial charge in [0.15, 0.2) is 3.92 Å². The number of aromatic nitrogens is 1. The number of nitrogens with one attached hydrogen (secondary N) is 1. The van der Waals surface area contributed by atoms with E-state index in [4.69, 9.17) is 10.5 Å². The molecule has 3 N–H and O–H groups in total. The molecule has 0 saturated carbocycles. The minimum atomic E-state index is -0.492. The van der Waals surface area contributed by atoms with Gasteiger partial charge in [0.1, 0.15) is 5.60 Å². The maximum Gasteiger partial charge on any atom is 0.407 e. The quantitative estimate of drug-likeness (QED) is 0.884. The van der Waals surface area contributed by atoms with Crippen LogP contribution in [0.2, 0.25) is 0 Å². The maximum absolute atomic E-state index is 11.4. The Labute approximate surface area is 119 Å². The van der Waals surface area contributed by atoms with Crippen LogP contribution in [0.1, 0.15) is 26.5 Å². The average molecular weight is 336 g/mol. The highest BCUT2D eigenvalue weighted by molar-refractivity contribution is 9.11. The molecule has 1 atom stereocenters. The van der Waals surface area contributed by atoms with Crippen LogP contribution in [0, 0.1) is 0 Å². The van der Waals surface area contributed by atoms with Crippen molar-refractivity contribution in [1.29, 1.82) is 0 Å². The Bertz CT molecular complexity index is 403. The lowest BCUT2D eigenvalue weighted by Gasteiger charge is -2.20. The van der Waals surface area contributed by atoms with Gasteiger partial charge < -0.3 is 15.8 Å². The highest BCUT2D eigenvalue weighted by Gasteiger charge is 2.16. The summed E-state index contributed by atoms with van der Waals surface area (Å²) in [6.45, 7) is 5.82. The lowest BCUT2D eigenvalue weighted by molar-refractivity contribution is 0.0524. The van der Waals surface area contributed by atoms with Crippen molar-refractivity contribution in [2.75, 3.05) is 6.54 Å². The van der Waals surface area contributed by atoms with Crippen LogP contribution in [0.3, 0.4) is 0 Å². The second-order valence-electron chi connectivity index (χ2n) is 4.94. The molecule has 1 aromatic rings. The van der Waals surface area contributed by atoms with Gasteiger partial charge in [-0.25, -0.2) is 9.78 Å². The molecule has 0 spiro atoms. The summed E-state index contributed by atoms with van der Waals surface area (Å²) >= 11 is 4.81. The predicted molar refractivity (Wildman–Crippen MR) is 75.7 cm³/mol. The third-order valence-electron chi connectivity index (χ3n) is 1.90. The number of hydrogen-bond donors (Lipinski definition) is 2. The lowest BCUT2D eigenvalue weighted by Crippen LogP contribution is -2.41. The summed E-state index contributed by atoms with van der Waals surface area (Å²) in [4.78, 5) is 15.7. The highest BCUT2D eigenvalue weighted by atomic mass is 79.9. The molecule has 1 heterocycles. The van der Waals surface area contributed by atoms with Gasteiger partial charge in [-0.15, -0.1) is 11.3 Å². The average Bonchev–Trinajstić information content (AvgIpc) is 2.58. The molecule has 18 heavy (non-hydrogen) atoms. The van der Waals surface area contributed by atoms with Crippen molar-refractivity contribution in [2.45, 2.75) is 38.8 Å². The smallest absolute Gasteiger partial charge is 0.407 e. The van der Waals surface area contributed by atoms with E-state index in [9.17, 15) is 4.79 Å². The van der Waals surface area contributed by atoms with Crippen LogP contribution in [0.15, 0.2) is 9.30 Å². The molecule has 102 valence electrons. The summed E-state index contributed by atoms with van der Waals surface area (Å²) in [5.41, 5.74) is 6.34. The van der Waals surface area contributed by atoms with Crippen molar-refractivity contribution in [3.63, 3.8) is 0 Å². The number of nitrogens with two attached hydrogens (primary N) is 1. The second kappa shape index (κ2) is 6.49. The minimum absolute atomic E-state index is 0.175. The molecule has 1 rings (SSSR count). The van der Waals surface area contributed by atoms with Gasteiger partial charge in [-0.3, -0.25) is 0 Å². The Morgan fingerprint density at radius 2 is 2.33 bits per heavy atom. The van der Waals surface area contributed by atoms with Crippen molar-refractivity contribution >= 4 is 33.4 Å². The van der Waals surface area contributed by atoms with Gasteiger partial charge in [0.05, 0.1) is 5.69 Å². The van der Waals surface area contributed by atoms with Gasteiger partial charge >= 0.3 is 6.09 Å². The maximum atomic E-state index is 11.4. The van der Waals surface area contributed by atoms with E-state index in [0.717, 1.165) is 9.61 Å². The molecule has 0 fully saturated rings. The second-order valence-corrected chi connectivity index (χ2v) is 7.07. The fourth-order valence-electron chi connectivity index (χ4n) is 1.25. The SMILES string of the molecule is CC(C)(C)OC(=O)NCC(N)Cc1csc(Br)n1. The molecule has 1 unspecified atom stereocenters. The van der Waals surface area contributed by atoms with Crippen molar-refractivity contribution in [3.8, 4) is 0 Å². The molecule has 1 amide bonds. The van der Waals surface area contributed by atoms with Crippen LogP contribution in [-0.2, 0) is 11.2 Å². The number of alkyl carbamates (subject to hydrolysis) is 1. The van der Waals surface area contributed by atoms with Crippen LogP contribution in [-0.4, -0.2) is 29.3 Å². The predicted octanol–water partition coefficient (Wildman–Crippen LogP) is 2.30. The molecule has 0 saturated heterocycles. The van der Waals surface area contributed by atoms with E-state index in [1.54, 1.807) is 0 Å². The molecule has 0 aliphatic heterocycles. The molecular formula is C11H18BrN3O2S. The molecule has 0 radical (unpaired) electrons. The summed E-state index contributed by atoms with van der Waals surface area (Å²) in [7, 11) is 0. The first-order valence-corrected chi connectivity index (χ1v) is 7.26. The van der Waals surface area contributed by atoms with Crippen molar-refractivity contribution in [2.24, 2.45) is 5.73 Å².